The Balaban J connectivity index is 1.52. The molecular formula is C20H18F3N3O4S2. The number of alkyl halides is 3. The molecule has 2 amide bonds. The van der Waals surface area contributed by atoms with Crippen LogP contribution in [0.25, 0.3) is 0 Å². The third-order valence-corrected chi connectivity index (χ3v) is 7.75. The fraction of sp³-hybridized carbons (Fsp3) is 0.300. The highest BCUT2D eigenvalue weighted by atomic mass is 32.2. The smallest absolute Gasteiger partial charge is 0.341 e. The lowest BCUT2D eigenvalue weighted by molar-refractivity contribution is -0.137. The lowest BCUT2D eigenvalue weighted by Gasteiger charge is -2.27. The first-order chi connectivity index (χ1) is 15.0. The minimum Gasteiger partial charge on any atom is -0.341 e. The van der Waals surface area contributed by atoms with E-state index in [-0.39, 0.29) is 22.2 Å². The van der Waals surface area contributed by atoms with Gasteiger partial charge in [0.15, 0.2) is 5.25 Å². The molecule has 1 atom stereocenters. The first kappa shape index (κ1) is 22.5. The molecule has 2 aromatic rings. The number of carbonyl (C=O) groups is 2. The molecule has 7 nitrogen and oxygen atoms in total. The zero-order chi connectivity index (χ0) is 23.1. The van der Waals surface area contributed by atoms with Gasteiger partial charge in [0.2, 0.25) is 11.8 Å². The van der Waals surface area contributed by atoms with Crippen LogP contribution in [0.15, 0.2) is 52.3 Å². The molecule has 2 aliphatic rings. The summed E-state index contributed by atoms with van der Waals surface area (Å²) in [6.07, 6.45) is -2.73. The van der Waals surface area contributed by atoms with E-state index in [4.69, 9.17) is 0 Å². The highest BCUT2D eigenvalue weighted by molar-refractivity contribution is 8.01. The third kappa shape index (κ3) is 4.56. The van der Waals surface area contributed by atoms with Crippen LogP contribution < -0.4 is 10.0 Å². The van der Waals surface area contributed by atoms with Gasteiger partial charge in [0.05, 0.1) is 16.1 Å². The maximum atomic E-state index is 12.7. The van der Waals surface area contributed by atoms with Crippen molar-refractivity contribution in [3.05, 3.63) is 48.0 Å². The molecule has 0 spiro atoms. The summed E-state index contributed by atoms with van der Waals surface area (Å²) in [5.74, 6) is -0.791. The predicted molar refractivity (Wildman–Crippen MR) is 113 cm³/mol. The summed E-state index contributed by atoms with van der Waals surface area (Å²) in [6, 6.07) is 7.65. The first-order valence-electron chi connectivity index (χ1n) is 9.65. The van der Waals surface area contributed by atoms with E-state index < -0.39 is 32.9 Å². The number of halogens is 3. The van der Waals surface area contributed by atoms with Crippen molar-refractivity contribution in [1.82, 2.24) is 4.90 Å². The van der Waals surface area contributed by atoms with Crippen molar-refractivity contribution in [1.29, 1.82) is 0 Å². The Morgan fingerprint density at radius 2 is 1.75 bits per heavy atom. The molecule has 0 aliphatic carbocycles. The Labute approximate surface area is 186 Å². The molecule has 0 saturated carbocycles. The van der Waals surface area contributed by atoms with E-state index in [1.54, 1.807) is 4.90 Å². The minimum atomic E-state index is -4.53. The van der Waals surface area contributed by atoms with Crippen molar-refractivity contribution < 1.29 is 31.2 Å². The van der Waals surface area contributed by atoms with Gasteiger partial charge in [-0.25, -0.2) is 8.42 Å². The summed E-state index contributed by atoms with van der Waals surface area (Å²) in [5.41, 5.74) is -0.682. The van der Waals surface area contributed by atoms with E-state index in [0.717, 1.165) is 48.9 Å². The Morgan fingerprint density at radius 1 is 1.09 bits per heavy atom. The number of fused-ring (bicyclic) bond motifs is 1. The van der Waals surface area contributed by atoms with E-state index >= 15 is 0 Å². The summed E-state index contributed by atoms with van der Waals surface area (Å²) >= 11 is 1.06. The van der Waals surface area contributed by atoms with Gasteiger partial charge in [-0.2, -0.15) is 13.2 Å². The number of hydrogen-bond donors (Lipinski definition) is 2. The van der Waals surface area contributed by atoms with Crippen LogP contribution >= 0.6 is 11.8 Å². The van der Waals surface area contributed by atoms with Crippen LogP contribution in [-0.4, -0.2) is 43.5 Å². The van der Waals surface area contributed by atoms with Crippen LogP contribution in [0.3, 0.4) is 0 Å². The zero-order valence-corrected chi connectivity index (χ0v) is 18.1. The molecule has 12 heteroatoms. The number of sulfonamides is 1. The molecule has 2 N–H and O–H groups in total. The minimum absolute atomic E-state index is 0.0367. The summed E-state index contributed by atoms with van der Waals surface area (Å²) in [7, 11) is -4.12. The summed E-state index contributed by atoms with van der Waals surface area (Å²) in [6.45, 7) is 1.23. The fourth-order valence-corrected chi connectivity index (χ4v) is 5.60. The van der Waals surface area contributed by atoms with E-state index in [9.17, 15) is 31.2 Å². The largest absolute Gasteiger partial charge is 0.416 e. The van der Waals surface area contributed by atoms with Crippen molar-refractivity contribution in [2.45, 2.75) is 34.1 Å². The highest BCUT2D eigenvalue weighted by Crippen LogP contribution is 2.38. The van der Waals surface area contributed by atoms with Crippen molar-refractivity contribution in [3.8, 4) is 0 Å². The molecule has 32 heavy (non-hydrogen) atoms. The number of hydrogen-bond acceptors (Lipinski definition) is 5. The van der Waals surface area contributed by atoms with E-state index in [2.05, 4.69) is 10.0 Å². The number of benzene rings is 2. The van der Waals surface area contributed by atoms with Gasteiger partial charge >= 0.3 is 6.18 Å². The molecule has 4 rings (SSSR count). The number of anilines is 2. The fourth-order valence-electron chi connectivity index (χ4n) is 3.46. The molecule has 2 heterocycles. The SMILES string of the molecule is O=C1Nc2cc(S(=O)(=O)Nc3ccc(C(F)(F)F)cc3)ccc2S[C@H]1C(=O)N1CCCC1. The maximum Gasteiger partial charge on any atom is 0.416 e. The van der Waals surface area contributed by atoms with E-state index in [1.165, 1.54) is 18.2 Å². The second-order valence-corrected chi connectivity index (χ2v) is 10.2. The normalized spacial score (nSPS) is 18.8. The molecule has 1 saturated heterocycles. The van der Waals surface area contributed by atoms with Gasteiger partial charge < -0.3 is 10.2 Å². The van der Waals surface area contributed by atoms with E-state index in [1.807, 2.05) is 0 Å². The standard InChI is InChI=1S/C20H18F3N3O4S2/c21-20(22,23)12-3-5-13(6-4-12)25-32(29,30)14-7-8-16-15(11-14)24-18(27)17(31-16)19(28)26-9-1-2-10-26/h3-8,11,17,25H,1-2,9-10H2,(H,24,27)/t17-/m1/s1. The van der Waals surface area contributed by atoms with Gasteiger partial charge in [0, 0.05) is 23.7 Å². The lowest BCUT2D eigenvalue weighted by Crippen LogP contribution is -2.43. The van der Waals surface area contributed by atoms with Gasteiger partial charge in [0.1, 0.15) is 0 Å². The number of amides is 2. The second-order valence-electron chi connectivity index (χ2n) is 7.36. The summed E-state index contributed by atoms with van der Waals surface area (Å²) < 4.78 is 65.6. The number of thioether (sulfide) groups is 1. The van der Waals surface area contributed by atoms with Crippen LogP contribution in [0.4, 0.5) is 24.5 Å². The number of nitrogens with one attached hydrogen (secondary N) is 2. The third-order valence-electron chi connectivity index (χ3n) is 5.11. The van der Waals surface area contributed by atoms with Gasteiger partial charge in [0.25, 0.3) is 10.0 Å². The molecule has 0 radical (unpaired) electrons. The lowest BCUT2D eigenvalue weighted by atomic mass is 10.2. The first-order valence-corrected chi connectivity index (χ1v) is 12.0. The second kappa shape index (κ2) is 8.32. The number of carbonyl (C=O) groups excluding carboxylic acids is 2. The van der Waals surface area contributed by atoms with Crippen molar-refractivity contribution >= 4 is 45.0 Å². The molecular weight excluding hydrogens is 467 g/mol. The molecule has 0 unspecified atom stereocenters. The van der Waals surface area contributed by atoms with Gasteiger partial charge in [-0.1, -0.05) is 0 Å². The van der Waals surface area contributed by atoms with E-state index in [0.29, 0.717) is 18.0 Å². The van der Waals surface area contributed by atoms with Crippen LogP contribution in [-0.2, 0) is 25.8 Å². The molecule has 0 bridgehead atoms. The Morgan fingerprint density at radius 3 is 2.38 bits per heavy atom. The van der Waals surface area contributed by atoms with Gasteiger partial charge in [-0.05, 0) is 55.3 Å². The Kier molecular flexibility index (Phi) is 5.84. The monoisotopic (exact) mass is 485 g/mol. The van der Waals surface area contributed by atoms with Crippen molar-refractivity contribution in [3.63, 3.8) is 0 Å². The summed E-state index contributed by atoms with van der Waals surface area (Å²) in [4.78, 5) is 27.1. The average molecular weight is 486 g/mol. The van der Waals surface area contributed by atoms with Crippen LogP contribution in [0, 0.1) is 0 Å². The number of rotatable bonds is 4. The maximum absolute atomic E-state index is 12.7. The molecule has 1 fully saturated rings. The quantitative estimate of drug-likeness (QED) is 0.646. The topological polar surface area (TPSA) is 95.6 Å². The highest BCUT2D eigenvalue weighted by Gasteiger charge is 2.37. The van der Waals surface area contributed by atoms with Crippen LogP contribution in [0.5, 0.6) is 0 Å². The average Bonchev–Trinajstić information content (AvgIpc) is 3.26. The van der Waals surface area contributed by atoms with Crippen molar-refractivity contribution in [2.24, 2.45) is 0 Å². The predicted octanol–water partition coefficient (Wildman–Crippen LogP) is 3.54. The molecule has 2 aromatic carbocycles. The van der Waals surface area contributed by atoms with Gasteiger partial charge in [-0.15, -0.1) is 11.8 Å². The van der Waals surface area contributed by atoms with Crippen LogP contribution in [0.1, 0.15) is 18.4 Å². The van der Waals surface area contributed by atoms with Gasteiger partial charge in [-0.3, -0.25) is 14.3 Å². The molecule has 2 aliphatic heterocycles. The van der Waals surface area contributed by atoms with Crippen molar-refractivity contribution in [2.75, 3.05) is 23.1 Å². The number of likely N-dealkylation sites (tertiary alicyclic amines) is 1. The Hall–Kier alpha value is -2.73. The van der Waals surface area contributed by atoms with Crippen LogP contribution in [0.2, 0.25) is 0 Å². The molecule has 0 aromatic heterocycles. The number of nitrogens with zero attached hydrogens (tertiary/aromatic N) is 1. The summed E-state index contributed by atoms with van der Waals surface area (Å²) in [5, 5.41) is 1.65. The Bertz CT molecular complexity index is 1160. The molecule has 170 valence electrons. The zero-order valence-electron chi connectivity index (χ0n) is 16.5.